The number of halogens is 1. The summed E-state index contributed by atoms with van der Waals surface area (Å²) >= 11 is 0. The number of benzene rings is 1. The minimum Gasteiger partial charge on any atom is -0.481 e. The number of aliphatic carboxylic acids is 3. The molecule has 14 nitrogen and oxygen atoms in total. The summed E-state index contributed by atoms with van der Waals surface area (Å²) in [5.74, 6) is -4.11. The Kier molecular flexibility index (Phi) is 20.7. The van der Waals surface area contributed by atoms with Crippen molar-refractivity contribution >= 4 is 29.8 Å². The number of ether oxygens (including phenoxy) is 5. The molecule has 1 fully saturated rings. The van der Waals surface area contributed by atoms with Crippen LogP contribution in [-0.2, 0) is 54.3 Å². The molecule has 1 aromatic rings. The maximum Gasteiger partial charge on any atom is 0.306 e. The van der Waals surface area contributed by atoms with Crippen LogP contribution >= 0.6 is 0 Å². The summed E-state index contributed by atoms with van der Waals surface area (Å²) in [4.78, 5) is 57.5. The van der Waals surface area contributed by atoms with Crippen molar-refractivity contribution < 1.29 is 67.4 Å². The lowest BCUT2D eigenvalue weighted by Gasteiger charge is -2.43. The first-order valence-corrected chi connectivity index (χ1v) is 16.8. The van der Waals surface area contributed by atoms with Crippen LogP contribution in [0.1, 0.15) is 89.0 Å². The van der Waals surface area contributed by atoms with E-state index >= 15 is 4.39 Å². The average Bonchev–Trinajstić information content (AvgIpc) is 3.05. The third kappa shape index (κ3) is 18.6. The number of unbranched alkanes of at least 4 members (excludes halogenated alkanes) is 7. The first-order chi connectivity index (χ1) is 23.6. The van der Waals surface area contributed by atoms with Crippen molar-refractivity contribution in [2.75, 3.05) is 26.4 Å². The number of hydrogen-bond acceptors (Lipinski definition) is 10. The number of esters is 1. The summed E-state index contributed by atoms with van der Waals surface area (Å²) in [5, 5.41) is 29.4. The number of carboxylic acids is 3. The Labute approximate surface area is 285 Å². The van der Waals surface area contributed by atoms with Gasteiger partial charge in [-0.3, -0.25) is 24.0 Å². The minimum absolute atomic E-state index is 0.112. The van der Waals surface area contributed by atoms with Gasteiger partial charge in [-0.15, -0.1) is 0 Å². The Morgan fingerprint density at radius 1 is 0.694 bits per heavy atom. The first-order valence-electron chi connectivity index (χ1n) is 16.8. The minimum atomic E-state index is -1.99. The number of alkyl halides is 1. The Balaban J connectivity index is 1.74. The van der Waals surface area contributed by atoms with Gasteiger partial charge in [0.05, 0.1) is 45.7 Å². The largest absolute Gasteiger partial charge is 0.481 e. The van der Waals surface area contributed by atoms with E-state index in [2.05, 4.69) is 5.32 Å². The molecule has 0 radical (unpaired) electrons. The molecule has 1 saturated heterocycles. The summed E-state index contributed by atoms with van der Waals surface area (Å²) in [5.41, 5.74) is 0.955. The normalized spacial score (nSPS) is 20.4. The SMILES string of the molecule is O=C(O)CCOC[C@H]1O[C@@H](NC(=O)CCCCCCCCCCC(=O)OCc2ccccc2)[C@H](F)[C@@H](OCCC(=O)O)[C@@H]1OCCC(=O)O. The van der Waals surface area contributed by atoms with Crippen LogP contribution in [0.2, 0.25) is 0 Å². The lowest BCUT2D eigenvalue weighted by atomic mass is 9.98. The third-order valence-corrected chi connectivity index (χ3v) is 7.69. The second-order valence-corrected chi connectivity index (χ2v) is 11.8. The zero-order valence-electron chi connectivity index (χ0n) is 27.8. The number of amides is 1. The first kappa shape index (κ1) is 41.5. The molecule has 0 aliphatic carbocycles. The van der Waals surface area contributed by atoms with Gasteiger partial charge in [0.15, 0.2) is 12.4 Å². The molecule has 0 unspecified atom stereocenters. The van der Waals surface area contributed by atoms with Gasteiger partial charge in [0.2, 0.25) is 5.91 Å². The van der Waals surface area contributed by atoms with E-state index in [0.29, 0.717) is 12.8 Å². The smallest absolute Gasteiger partial charge is 0.306 e. The lowest BCUT2D eigenvalue weighted by Crippen LogP contribution is -2.63. The average molecular weight is 700 g/mol. The van der Waals surface area contributed by atoms with Crippen molar-refractivity contribution in [3.05, 3.63) is 35.9 Å². The molecule has 1 aliphatic heterocycles. The standard InChI is InChI=1S/C34H50FNO13/c35-31-33(47-21-18-29(42)43)32(46-20-17-28(40)41)25(23-45-19-16-27(38)39)49-34(31)36-26(37)14-10-5-3-1-2-4-6-11-15-30(44)48-22-24-12-8-7-9-13-24/h7-9,12-13,25,31-34H,1-6,10-11,14-23H2,(H,36,37)(H,38,39)(H,40,41)(H,42,43)/t25-,31-,32-,33-,34-/m1/s1. The van der Waals surface area contributed by atoms with Gasteiger partial charge < -0.3 is 44.3 Å². The molecule has 276 valence electrons. The number of carbonyl (C=O) groups excluding carboxylic acids is 2. The molecular weight excluding hydrogens is 649 g/mol. The summed E-state index contributed by atoms with van der Waals surface area (Å²) in [6.07, 6.45) is -0.996. The highest BCUT2D eigenvalue weighted by molar-refractivity contribution is 5.76. The molecule has 0 spiro atoms. The van der Waals surface area contributed by atoms with E-state index in [0.717, 1.165) is 50.5 Å². The third-order valence-electron chi connectivity index (χ3n) is 7.69. The van der Waals surface area contributed by atoms with Crippen molar-refractivity contribution in [3.8, 4) is 0 Å². The summed E-state index contributed by atoms with van der Waals surface area (Å²) in [6.45, 7) is -0.904. The van der Waals surface area contributed by atoms with Gasteiger partial charge in [-0.05, 0) is 18.4 Å². The molecule has 0 aromatic heterocycles. The van der Waals surface area contributed by atoms with Crippen molar-refractivity contribution in [2.45, 2.75) is 121 Å². The van der Waals surface area contributed by atoms with Gasteiger partial charge in [0.1, 0.15) is 24.9 Å². The van der Waals surface area contributed by atoms with Crippen LogP contribution in [0, 0.1) is 0 Å². The Bertz CT molecular complexity index is 1140. The quantitative estimate of drug-likeness (QED) is 0.0758. The van der Waals surface area contributed by atoms with Crippen LogP contribution in [0.3, 0.4) is 0 Å². The summed E-state index contributed by atoms with van der Waals surface area (Å²) < 4.78 is 43.3. The van der Waals surface area contributed by atoms with E-state index in [1.165, 1.54) is 0 Å². The number of carboxylic acid groups (broad SMARTS) is 3. The van der Waals surface area contributed by atoms with E-state index < -0.39 is 67.4 Å². The number of carbonyl (C=O) groups is 5. The van der Waals surface area contributed by atoms with Gasteiger partial charge in [0, 0.05) is 12.8 Å². The zero-order chi connectivity index (χ0) is 35.9. The number of rotatable bonds is 27. The molecule has 0 bridgehead atoms. The summed E-state index contributed by atoms with van der Waals surface area (Å²) in [6, 6.07) is 9.52. The predicted octanol–water partition coefficient (Wildman–Crippen LogP) is 4.02. The van der Waals surface area contributed by atoms with Crippen LogP contribution in [0.5, 0.6) is 0 Å². The van der Waals surface area contributed by atoms with Crippen molar-refractivity contribution in [3.63, 3.8) is 0 Å². The van der Waals surface area contributed by atoms with E-state index in [1.807, 2.05) is 30.3 Å². The molecular formula is C34H50FNO13. The molecule has 1 heterocycles. The Hall–Kier alpha value is -3.66. The Morgan fingerprint density at radius 2 is 1.22 bits per heavy atom. The van der Waals surface area contributed by atoms with Gasteiger partial charge in [-0.2, -0.15) is 0 Å². The number of nitrogens with one attached hydrogen (secondary N) is 1. The highest BCUT2D eigenvalue weighted by atomic mass is 19.1. The van der Waals surface area contributed by atoms with E-state index in [1.54, 1.807) is 0 Å². The van der Waals surface area contributed by atoms with E-state index in [9.17, 15) is 24.0 Å². The monoisotopic (exact) mass is 699 g/mol. The highest BCUT2D eigenvalue weighted by Crippen LogP contribution is 2.28. The maximum atomic E-state index is 15.7. The molecule has 1 aliphatic rings. The van der Waals surface area contributed by atoms with Crippen molar-refractivity contribution in [1.82, 2.24) is 5.32 Å². The topological polar surface area (TPSA) is 204 Å². The molecule has 1 aromatic carbocycles. The molecule has 2 rings (SSSR count). The van der Waals surface area contributed by atoms with Crippen LogP contribution in [0.25, 0.3) is 0 Å². The second-order valence-electron chi connectivity index (χ2n) is 11.8. The fourth-order valence-electron chi connectivity index (χ4n) is 5.12. The van der Waals surface area contributed by atoms with Crippen molar-refractivity contribution in [1.29, 1.82) is 0 Å². The zero-order valence-corrected chi connectivity index (χ0v) is 27.8. The Morgan fingerprint density at radius 3 is 1.82 bits per heavy atom. The summed E-state index contributed by atoms with van der Waals surface area (Å²) in [7, 11) is 0. The van der Waals surface area contributed by atoms with Gasteiger partial charge in [0.25, 0.3) is 0 Å². The van der Waals surface area contributed by atoms with Gasteiger partial charge in [-0.1, -0.05) is 68.9 Å². The predicted molar refractivity (Wildman–Crippen MR) is 171 cm³/mol. The molecule has 4 N–H and O–H groups in total. The van der Waals surface area contributed by atoms with Crippen molar-refractivity contribution in [2.24, 2.45) is 0 Å². The lowest BCUT2D eigenvalue weighted by molar-refractivity contribution is -0.247. The fraction of sp³-hybridized carbons (Fsp3) is 0.676. The van der Waals surface area contributed by atoms with Crippen LogP contribution in [0.15, 0.2) is 30.3 Å². The number of hydrogen-bond donors (Lipinski definition) is 4. The fourth-order valence-corrected chi connectivity index (χ4v) is 5.12. The molecule has 1 amide bonds. The molecule has 15 heteroatoms. The van der Waals surface area contributed by atoms with Gasteiger partial charge >= 0.3 is 23.9 Å². The molecule has 49 heavy (non-hydrogen) atoms. The highest BCUT2D eigenvalue weighted by Gasteiger charge is 2.48. The van der Waals surface area contributed by atoms with Crippen LogP contribution in [0.4, 0.5) is 4.39 Å². The van der Waals surface area contributed by atoms with Crippen LogP contribution in [-0.4, -0.2) is 102 Å². The molecule has 5 atom stereocenters. The maximum absolute atomic E-state index is 15.7. The van der Waals surface area contributed by atoms with Gasteiger partial charge in [-0.25, -0.2) is 4.39 Å². The van der Waals surface area contributed by atoms with Crippen LogP contribution < -0.4 is 5.32 Å². The van der Waals surface area contributed by atoms with E-state index in [-0.39, 0.29) is 51.8 Å². The molecule has 0 saturated carbocycles. The van der Waals surface area contributed by atoms with E-state index in [4.69, 9.17) is 39.0 Å². The second kappa shape index (κ2) is 24.5.